The van der Waals surface area contributed by atoms with Crippen molar-refractivity contribution in [2.24, 2.45) is 11.3 Å². The van der Waals surface area contributed by atoms with Crippen molar-refractivity contribution in [3.63, 3.8) is 0 Å². The third kappa shape index (κ3) is 3.69. The van der Waals surface area contributed by atoms with Gasteiger partial charge in [0, 0.05) is 4.88 Å². The monoisotopic (exact) mass is 369 g/mol. The zero-order valence-corrected chi connectivity index (χ0v) is 16.6. The van der Waals surface area contributed by atoms with E-state index in [9.17, 15) is 13.2 Å². The average Bonchev–Trinajstić information content (AvgIpc) is 2.97. The SMILES string of the molecule is CC(C)(C)[C@H]1CCc2sc(C(=O)N[C@@]3(C)CCS(=O)(=O)C3)cc2C1. The van der Waals surface area contributed by atoms with Crippen molar-refractivity contribution in [1.82, 2.24) is 5.32 Å². The van der Waals surface area contributed by atoms with Crippen LogP contribution in [0.2, 0.25) is 0 Å². The van der Waals surface area contributed by atoms with E-state index in [0.29, 0.717) is 12.3 Å². The van der Waals surface area contributed by atoms with Crippen molar-refractivity contribution in [3.05, 3.63) is 21.4 Å². The lowest BCUT2D eigenvalue weighted by atomic mass is 9.72. The fourth-order valence-corrected chi connectivity index (χ4v) is 7.02. The van der Waals surface area contributed by atoms with Crippen LogP contribution < -0.4 is 5.32 Å². The summed E-state index contributed by atoms with van der Waals surface area (Å²) in [6.45, 7) is 8.68. The number of hydrogen-bond acceptors (Lipinski definition) is 4. The Morgan fingerprint density at radius 1 is 1.38 bits per heavy atom. The number of fused-ring (bicyclic) bond motifs is 1. The van der Waals surface area contributed by atoms with E-state index in [2.05, 4.69) is 26.1 Å². The Kier molecular flexibility index (Phi) is 4.36. The van der Waals surface area contributed by atoms with E-state index < -0.39 is 15.4 Å². The van der Waals surface area contributed by atoms with Crippen molar-refractivity contribution < 1.29 is 13.2 Å². The second-order valence-electron chi connectivity index (χ2n) is 8.72. The van der Waals surface area contributed by atoms with E-state index in [4.69, 9.17) is 0 Å². The molecule has 1 aromatic heterocycles. The summed E-state index contributed by atoms with van der Waals surface area (Å²) in [5.74, 6) is 0.732. The van der Waals surface area contributed by atoms with Gasteiger partial charge in [-0.2, -0.15) is 0 Å². The number of rotatable bonds is 2. The van der Waals surface area contributed by atoms with Gasteiger partial charge in [0.1, 0.15) is 0 Å². The minimum absolute atomic E-state index is 0.0446. The number of amides is 1. The Morgan fingerprint density at radius 2 is 2.08 bits per heavy atom. The molecular weight excluding hydrogens is 342 g/mol. The summed E-state index contributed by atoms with van der Waals surface area (Å²) in [7, 11) is -3.02. The third-order valence-electron chi connectivity index (χ3n) is 5.45. The Labute approximate surface area is 149 Å². The Balaban J connectivity index is 1.73. The Bertz CT molecular complexity index is 758. The van der Waals surface area contributed by atoms with Crippen LogP contribution >= 0.6 is 11.3 Å². The molecule has 2 atom stereocenters. The van der Waals surface area contributed by atoms with Crippen molar-refractivity contribution >= 4 is 27.1 Å². The quantitative estimate of drug-likeness (QED) is 0.871. The maximum Gasteiger partial charge on any atom is 0.261 e. The molecule has 0 spiro atoms. The number of carbonyl (C=O) groups is 1. The van der Waals surface area contributed by atoms with E-state index in [1.807, 2.05) is 13.0 Å². The highest BCUT2D eigenvalue weighted by atomic mass is 32.2. The molecule has 2 aliphatic rings. The first-order valence-corrected chi connectivity index (χ1v) is 11.3. The number of hydrogen-bond donors (Lipinski definition) is 1. The average molecular weight is 370 g/mol. The highest BCUT2D eigenvalue weighted by Gasteiger charge is 2.40. The molecule has 1 N–H and O–H groups in total. The Hall–Kier alpha value is -0.880. The lowest BCUT2D eigenvalue weighted by Crippen LogP contribution is -2.46. The molecule has 24 heavy (non-hydrogen) atoms. The van der Waals surface area contributed by atoms with Gasteiger partial charge in [-0.3, -0.25) is 4.79 Å². The summed E-state index contributed by atoms with van der Waals surface area (Å²) in [6.07, 6.45) is 3.75. The smallest absolute Gasteiger partial charge is 0.261 e. The first kappa shape index (κ1) is 17.9. The standard InChI is InChI=1S/C18H27NO3S2/c1-17(2,3)13-5-6-14-12(9-13)10-15(23-14)16(20)19-18(4)7-8-24(21,22)11-18/h10,13H,5-9,11H2,1-4H3,(H,19,20)/t13-,18-/m0/s1. The van der Waals surface area contributed by atoms with E-state index in [1.165, 1.54) is 16.9 Å². The van der Waals surface area contributed by atoms with Crippen LogP contribution in [-0.2, 0) is 22.7 Å². The maximum atomic E-state index is 12.6. The van der Waals surface area contributed by atoms with Gasteiger partial charge in [0.05, 0.1) is 21.9 Å². The molecule has 1 aliphatic heterocycles. The van der Waals surface area contributed by atoms with Gasteiger partial charge in [0.25, 0.3) is 5.91 Å². The van der Waals surface area contributed by atoms with Crippen molar-refractivity contribution in [1.29, 1.82) is 0 Å². The summed E-state index contributed by atoms with van der Waals surface area (Å²) >= 11 is 1.58. The second kappa shape index (κ2) is 5.84. The molecule has 0 bridgehead atoms. The fraction of sp³-hybridized carbons (Fsp3) is 0.722. The van der Waals surface area contributed by atoms with Crippen LogP contribution in [0.15, 0.2) is 6.07 Å². The molecule has 1 fully saturated rings. The summed E-state index contributed by atoms with van der Waals surface area (Å²) in [5, 5.41) is 2.97. The molecule has 0 radical (unpaired) electrons. The van der Waals surface area contributed by atoms with Crippen molar-refractivity contribution in [2.75, 3.05) is 11.5 Å². The van der Waals surface area contributed by atoms with E-state index in [0.717, 1.165) is 17.7 Å². The van der Waals surface area contributed by atoms with Gasteiger partial charge in [-0.15, -0.1) is 11.3 Å². The lowest BCUT2D eigenvalue weighted by Gasteiger charge is -2.33. The normalized spacial score (nSPS) is 29.2. The van der Waals surface area contributed by atoms with E-state index in [-0.39, 0.29) is 22.8 Å². The van der Waals surface area contributed by atoms with Gasteiger partial charge in [0.2, 0.25) is 0 Å². The zero-order chi connectivity index (χ0) is 17.8. The zero-order valence-electron chi connectivity index (χ0n) is 14.9. The van der Waals surface area contributed by atoms with Crippen molar-refractivity contribution in [3.8, 4) is 0 Å². The highest BCUT2D eigenvalue weighted by Crippen LogP contribution is 2.40. The predicted molar refractivity (Wildman–Crippen MR) is 98.4 cm³/mol. The molecular formula is C18H27NO3S2. The summed E-state index contributed by atoms with van der Waals surface area (Å²) in [6, 6.07) is 2.03. The van der Waals surface area contributed by atoms with Crippen LogP contribution in [0.25, 0.3) is 0 Å². The summed E-state index contributed by atoms with van der Waals surface area (Å²) < 4.78 is 23.4. The van der Waals surface area contributed by atoms with Crippen LogP contribution in [0, 0.1) is 11.3 Å². The van der Waals surface area contributed by atoms with Gasteiger partial charge in [-0.05, 0) is 55.6 Å². The number of carbonyl (C=O) groups excluding carboxylic acids is 1. The van der Waals surface area contributed by atoms with Crippen molar-refractivity contribution in [2.45, 2.75) is 58.9 Å². The molecule has 4 nitrogen and oxygen atoms in total. The van der Waals surface area contributed by atoms with E-state index >= 15 is 0 Å². The second-order valence-corrected chi connectivity index (χ2v) is 12.0. The Morgan fingerprint density at radius 3 is 2.67 bits per heavy atom. The van der Waals surface area contributed by atoms with E-state index in [1.54, 1.807) is 11.3 Å². The predicted octanol–water partition coefficient (Wildman–Crippen LogP) is 3.21. The molecule has 1 saturated heterocycles. The number of aryl methyl sites for hydroxylation is 1. The lowest BCUT2D eigenvalue weighted by molar-refractivity contribution is 0.0919. The fourth-order valence-electron chi connectivity index (χ4n) is 3.82. The number of nitrogens with one attached hydrogen (secondary N) is 1. The molecule has 1 aliphatic carbocycles. The van der Waals surface area contributed by atoms with Gasteiger partial charge >= 0.3 is 0 Å². The van der Waals surface area contributed by atoms with Gasteiger partial charge in [0.15, 0.2) is 9.84 Å². The summed E-state index contributed by atoms with van der Waals surface area (Å²) in [5.41, 5.74) is 0.961. The first-order chi connectivity index (χ1) is 11.0. The molecule has 6 heteroatoms. The third-order valence-corrected chi connectivity index (χ3v) is 8.59. The molecule has 0 saturated carbocycles. The van der Waals surface area contributed by atoms with Crippen LogP contribution in [0.4, 0.5) is 0 Å². The topological polar surface area (TPSA) is 63.2 Å². The largest absolute Gasteiger partial charge is 0.345 e. The van der Waals surface area contributed by atoms with Gasteiger partial charge < -0.3 is 5.32 Å². The highest BCUT2D eigenvalue weighted by molar-refractivity contribution is 7.91. The molecule has 134 valence electrons. The van der Waals surface area contributed by atoms with Gasteiger partial charge in [-0.25, -0.2) is 8.42 Å². The molecule has 0 unspecified atom stereocenters. The minimum atomic E-state index is -3.02. The maximum absolute atomic E-state index is 12.6. The van der Waals surface area contributed by atoms with Crippen LogP contribution in [0.3, 0.4) is 0 Å². The summed E-state index contributed by atoms with van der Waals surface area (Å²) in [4.78, 5) is 14.7. The minimum Gasteiger partial charge on any atom is -0.345 e. The molecule has 1 aromatic rings. The molecule has 3 rings (SSSR count). The van der Waals surface area contributed by atoms with Crippen LogP contribution in [-0.4, -0.2) is 31.4 Å². The molecule has 2 heterocycles. The van der Waals surface area contributed by atoms with Crippen LogP contribution in [0.5, 0.6) is 0 Å². The number of thiophene rings is 1. The van der Waals surface area contributed by atoms with Gasteiger partial charge in [-0.1, -0.05) is 20.8 Å². The van der Waals surface area contributed by atoms with Crippen LogP contribution in [0.1, 0.15) is 60.6 Å². The molecule has 0 aromatic carbocycles. The number of sulfone groups is 1. The first-order valence-electron chi connectivity index (χ1n) is 8.62. The molecule has 1 amide bonds.